The zero-order valence-corrected chi connectivity index (χ0v) is 13.3. The quantitative estimate of drug-likeness (QED) is 0.545. The first kappa shape index (κ1) is 15.3. The molecule has 0 fully saturated rings. The van der Waals surface area contributed by atoms with E-state index in [1.165, 1.54) is 7.11 Å². The van der Waals surface area contributed by atoms with Crippen molar-refractivity contribution in [1.82, 2.24) is 4.57 Å². The lowest BCUT2D eigenvalue weighted by molar-refractivity contribution is 0.0601. The van der Waals surface area contributed by atoms with E-state index in [9.17, 15) is 9.59 Å². The number of hydrogen-bond donors (Lipinski definition) is 0. The van der Waals surface area contributed by atoms with Crippen molar-refractivity contribution in [3.63, 3.8) is 0 Å². The van der Waals surface area contributed by atoms with Gasteiger partial charge in [-0.25, -0.2) is 4.79 Å². The molecule has 0 spiro atoms. The van der Waals surface area contributed by atoms with E-state index in [1.807, 2.05) is 41.0 Å². The summed E-state index contributed by atoms with van der Waals surface area (Å²) in [5.41, 5.74) is 1.37. The molecular formula is C19H19NO3. The van der Waals surface area contributed by atoms with E-state index in [1.54, 1.807) is 6.07 Å². The molecule has 0 aliphatic rings. The van der Waals surface area contributed by atoms with Crippen LogP contribution in [0.15, 0.2) is 47.3 Å². The highest BCUT2D eigenvalue weighted by Crippen LogP contribution is 2.24. The summed E-state index contributed by atoms with van der Waals surface area (Å²) in [7, 11) is 1.37. The number of ether oxygens (including phenoxy) is 1. The molecule has 23 heavy (non-hydrogen) atoms. The number of benzene rings is 2. The van der Waals surface area contributed by atoms with Crippen molar-refractivity contribution in [2.24, 2.45) is 0 Å². The van der Waals surface area contributed by atoms with Crippen LogP contribution in [-0.4, -0.2) is 17.6 Å². The molecule has 0 saturated carbocycles. The molecule has 0 bridgehead atoms. The maximum Gasteiger partial charge on any atom is 0.337 e. The first-order chi connectivity index (χ1) is 11.2. The number of esters is 1. The number of pyridine rings is 1. The number of carbonyl (C=O) groups excluding carboxylic acids is 1. The molecule has 0 unspecified atom stereocenters. The van der Waals surface area contributed by atoms with Crippen LogP contribution in [0.4, 0.5) is 0 Å². The van der Waals surface area contributed by atoms with Crippen molar-refractivity contribution in [3.05, 3.63) is 58.4 Å². The number of fused-ring (bicyclic) bond motifs is 3. The third-order valence-corrected chi connectivity index (χ3v) is 4.14. The lowest BCUT2D eigenvalue weighted by atomic mass is 10.0. The average Bonchev–Trinajstić information content (AvgIpc) is 2.60. The van der Waals surface area contributed by atoms with Crippen molar-refractivity contribution in [1.29, 1.82) is 0 Å². The molecule has 0 saturated heterocycles. The Balaban J connectivity index is 2.39. The summed E-state index contributed by atoms with van der Waals surface area (Å²) >= 11 is 0. The monoisotopic (exact) mass is 309 g/mol. The Kier molecular flexibility index (Phi) is 4.15. The minimum absolute atomic E-state index is 0.0207. The molecule has 1 heterocycles. The van der Waals surface area contributed by atoms with Gasteiger partial charge in [-0.15, -0.1) is 0 Å². The van der Waals surface area contributed by atoms with Gasteiger partial charge in [0.25, 0.3) is 5.56 Å². The predicted octanol–water partition coefficient (Wildman–Crippen LogP) is 3.74. The normalized spacial score (nSPS) is 11.0. The van der Waals surface area contributed by atoms with E-state index in [-0.39, 0.29) is 11.5 Å². The van der Waals surface area contributed by atoms with Crippen LogP contribution in [0.25, 0.3) is 21.7 Å². The second-order valence-corrected chi connectivity index (χ2v) is 5.58. The molecule has 4 nitrogen and oxygen atoms in total. The van der Waals surface area contributed by atoms with Gasteiger partial charge in [-0.3, -0.25) is 4.79 Å². The number of rotatable bonds is 4. The predicted molar refractivity (Wildman–Crippen MR) is 92.0 cm³/mol. The summed E-state index contributed by atoms with van der Waals surface area (Å²) in [5, 5.41) is 2.45. The molecule has 0 N–H and O–H groups in total. The van der Waals surface area contributed by atoms with E-state index >= 15 is 0 Å². The van der Waals surface area contributed by atoms with Crippen LogP contribution in [0.5, 0.6) is 0 Å². The van der Waals surface area contributed by atoms with E-state index < -0.39 is 0 Å². The van der Waals surface area contributed by atoms with Crippen LogP contribution in [0.1, 0.15) is 30.1 Å². The molecule has 0 amide bonds. The number of aromatic nitrogens is 1. The van der Waals surface area contributed by atoms with Gasteiger partial charge in [-0.05, 0) is 36.1 Å². The molecule has 1 aromatic heterocycles. The fraction of sp³-hybridized carbons (Fsp3) is 0.263. The van der Waals surface area contributed by atoms with Crippen LogP contribution >= 0.6 is 0 Å². The molecule has 0 aliphatic heterocycles. The molecule has 0 radical (unpaired) electrons. The Labute approximate surface area is 134 Å². The van der Waals surface area contributed by atoms with Crippen molar-refractivity contribution < 1.29 is 9.53 Å². The Morgan fingerprint density at radius 2 is 1.83 bits per heavy atom. The standard InChI is InChI=1S/C19H19NO3/c1-3-4-11-20-17-10-9-13(19(22)23-2)12-16(17)14-7-5-6-8-15(14)18(20)21/h5-10,12H,3-4,11H2,1-2H3. The van der Waals surface area contributed by atoms with Gasteiger partial charge in [0.1, 0.15) is 0 Å². The van der Waals surface area contributed by atoms with Crippen LogP contribution in [0, 0.1) is 0 Å². The smallest absolute Gasteiger partial charge is 0.337 e. The largest absolute Gasteiger partial charge is 0.465 e. The minimum Gasteiger partial charge on any atom is -0.465 e. The second kappa shape index (κ2) is 6.24. The zero-order chi connectivity index (χ0) is 16.4. The topological polar surface area (TPSA) is 48.3 Å². The van der Waals surface area contributed by atoms with Crippen LogP contribution < -0.4 is 5.56 Å². The zero-order valence-electron chi connectivity index (χ0n) is 13.3. The van der Waals surface area contributed by atoms with Crippen LogP contribution in [0.2, 0.25) is 0 Å². The summed E-state index contributed by atoms with van der Waals surface area (Å²) in [6.07, 6.45) is 1.95. The number of nitrogens with zero attached hydrogens (tertiary/aromatic N) is 1. The summed E-state index contributed by atoms with van der Waals surface area (Å²) in [6, 6.07) is 12.9. The van der Waals surface area contributed by atoms with E-state index in [4.69, 9.17) is 4.74 Å². The van der Waals surface area contributed by atoms with Gasteiger partial charge in [-0.1, -0.05) is 31.5 Å². The van der Waals surface area contributed by atoms with E-state index in [2.05, 4.69) is 6.92 Å². The highest BCUT2D eigenvalue weighted by Gasteiger charge is 2.13. The Hall–Kier alpha value is -2.62. The van der Waals surface area contributed by atoms with Crippen molar-refractivity contribution in [2.45, 2.75) is 26.3 Å². The first-order valence-corrected chi connectivity index (χ1v) is 7.81. The summed E-state index contributed by atoms with van der Waals surface area (Å²) < 4.78 is 6.62. The molecule has 3 rings (SSSR count). The Morgan fingerprint density at radius 1 is 1.09 bits per heavy atom. The number of unbranched alkanes of at least 4 members (excludes halogenated alkanes) is 1. The molecule has 3 aromatic rings. The van der Waals surface area contributed by atoms with E-state index in [0.717, 1.165) is 29.1 Å². The molecular weight excluding hydrogens is 290 g/mol. The van der Waals surface area contributed by atoms with Crippen molar-refractivity contribution >= 4 is 27.6 Å². The molecule has 118 valence electrons. The van der Waals surface area contributed by atoms with Gasteiger partial charge in [-0.2, -0.15) is 0 Å². The molecule has 2 aromatic carbocycles. The van der Waals surface area contributed by atoms with Gasteiger partial charge in [0.05, 0.1) is 18.2 Å². The van der Waals surface area contributed by atoms with E-state index in [0.29, 0.717) is 17.5 Å². The maximum atomic E-state index is 12.8. The van der Waals surface area contributed by atoms with Crippen molar-refractivity contribution in [2.75, 3.05) is 7.11 Å². The third-order valence-electron chi connectivity index (χ3n) is 4.14. The van der Waals surface area contributed by atoms with Gasteiger partial charge >= 0.3 is 5.97 Å². The van der Waals surface area contributed by atoms with Gasteiger partial charge in [0.15, 0.2) is 0 Å². The number of aryl methyl sites for hydroxylation is 1. The fourth-order valence-electron chi connectivity index (χ4n) is 2.93. The minimum atomic E-state index is -0.373. The Morgan fingerprint density at radius 3 is 2.52 bits per heavy atom. The summed E-state index contributed by atoms with van der Waals surface area (Å²) in [6.45, 7) is 2.78. The van der Waals surface area contributed by atoms with Gasteiger partial charge in [0.2, 0.25) is 0 Å². The summed E-state index contributed by atoms with van der Waals surface area (Å²) in [5.74, 6) is -0.373. The molecule has 0 aliphatic carbocycles. The number of methoxy groups -OCH3 is 1. The maximum absolute atomic E-state index is 12.8. The summed E-state index contributed by atoms with van der Waals surface area (Å²) in [4.78, 5) is 24.6. The third kappa shape index (κ3) is 2.61. The molecule has 4 heteroatoms. The number of carbonyl (C=O) groups is 1. The lowest BCUT2D eigenvalue weighted by Crippen LogP contribution is -2.21. The molecule has 0 atom stereocenters. The van der Waals surface area contributed by atoms with Gasteiger partial charge < -0.3 is 9.30 Å². The fourth-order valence-corrected chi connectivity index (χ4v) is 2.93. The first-order valence-electron chi connectivity index (χ1n) is 7.81. The van der Waals surface area contributed by atoms with Crippen LogP contribution in [0.3, 0.4) is 0 Å². The second-order valence-electron chi connectivity index (χ2n) is 5.58. The lowest BCUT2D eigenvalue weighted by Gasteiger charge is -2.13. The average molecular weight is 309 g/mol. The highest BCUT2D eigenvalue weighted by atomic mass is 16.5. The van der Waals surface area contributed by atoms with Gasteiger partial charge in [0, 0.05) is 17.3 Å². The SMILES string of the molecule is CCCCn1c(=O)c2ccccc2c2cc(C(=O)OC)ccc21. The number of hydrogen-bond acceptors (Lipinski definition) is 3. The Bertz CT molecular complexity index is 940. The van der Waals surface area contributed by atoms with Crippen molar-refractivity contribution in [3.8, 4) is 0 Å². The van der Waals surface area contributed by atoms with Crippen LogP contribution in [-0.2, 0) is 11.3 Å². The highest BCUT2D eigenvalue weighted by molar-refractivity contribution is 6.08.